The molecule has 0 amide bonds. The fraction of sp³-hybridized carbons (Fsp3) is 0.364. The molecule has 0 spiro atoms. The van der Waals surface area contributed by atoms with Crippen molar-refractivity contribution in [2.45, 2.75) is 24.3 Å². The third-order valence-electron chi connectivity index (χ3n) is 2.19. The number of halogens is 1. The molecule has 0 bridgehead atoms. The van der Waals surface area contributed by atoms with Crippen LogP contribution in [0.4, 0.5) is 4.39 Å². The summed E-state index contributed by atoms with van der Waals surface area (Å²) in [5.41, 5.74) is 0.680. The quantitative estimate of drug-likeness (QED) is 0.861. The largest absolute Gasteiger partial charge is 0.480 e. The molecule has 1 aromatic rings. The number of benzene rings is 1. The van der Waals surface area contributed by atoms with Gasteiger partial charge in [0.15, 0.2) is 0 Å². The second-order valence-corrected chi connectivity index (χ2v) is 5.01. The highest BCUT2D eigenvalue weighted by Crippen LogP contribution is 2.11. The van der Waals surface area contributed by atoms with E-state index in [0.717, 1.165) is 0 Å². The summed E-state index contributed by atoms with van der Waals surface area (Å²) in [5.74, 6) is -1.27. The Kier molecular flexibility index (Phi) is 4.61. The van der Waals surface area contributed by atoms with Crippen LogP contribution in [0.2, 0.25) is 0 Å². The van der Waals surface area contributed by atoms with Gasteiger partial charge in [-0.25, -0.2) is 4.39 Å². The lowest BCUT2D eigenvalue weighted by Gasteiger charge is -2.09. The third kappa shape index (κ3) is 3.41. The van der Waals surface area contributed by atoms with Gasteiger partial charge in [-0.05, 0) is 24.1 Å². The summed E-state index contributed by atoms with van der Waals surface area (Å²) in [6.45, 7) is 1.68. The number of carbonyl (C=O) groups is 1. The van der Waals surface area contributed by atoms with Crippen LogP contribution >= 0.6 is 0 Å². The molecular weight excluding hydrogens is 231 g/mol. The van der Waals surface area contributed by atoms with Gasteiger partial charge >= 0.3 is 5.97 Å². The minimum atomic E-state index is -1.47. The Morgan fingerprint density at radius 1 is 1.44 bits per heavy atom. The monoisotopic (exact) mass is 244 g/mol. The molecule has 0 aliphatic carbocycles. The van der Waals surface area contributed by atoms with Gasteiger partial charge < -0.3 is 5.11 Å². The first-order chi connectivity index (χ1) is 7.54. The molecule has 16 heavy (non-hydrogen) atoms. The van der Waals surface area contributed by atoms with Crippen LogP contribution in [-0.2, 0) is 21.3 Å². The molecule has 0 radical (unpaired) electrons. The topological polar surface area (TPSA) is 54.4 Å². The Morgan fingerprint density at radius 3 is 2.44 bits per heavy atom. The van der Waals surface area contributed by atoms with Crippen molar-refractivity contribution in [2.75, 3.05) is 0 Å². The van der Waals surface area contributed by atoms with Crippen LogP contribution in [0.15, 0.2) is 24.3 Å². The molecule has 5 heteroatoms. The molecule has 0 saturated carbocycles. The molecule has 0 aromatic heterocycles. The maximum absolute atomic E-state index is 12.6. The van der Waals surface area contributed by atoms with Gasteiger partial charge in [0.1, 0.15) is 11.1 Å². The number of hydrogen-bond donors (Lipinski definition) is 1. The number of rotatable bonds is 5. The molecule has 1 aromatic carbocycles. The van der Waals surface area contributed by atoms with E-state index in [0.29, 0.717) is 12.0 Å². The molecule has 0 fully saturated rings. The summed E-state index contributed by atoms with van der Waals surface area (Å²) in [6, 6.07) is 5.58. The van der Waals surface area contributed by atoms with E-state index < -0.39 is 22.0 Å². The Labute approximate surface area is 95.8 Å². The first kappa shape index (κ1) is 12.8. The maximum Gasteiger partial charge on any atom is 0.319 e. The van der Waals surface area contributed by atoms with E-state index in [2.05, 4.69) is 0 Å². The summed E-state index contributed by atoms with van der Waals surface area (Å²) in [7, 11) is -1.47. The molecule has 88 valence electrons. The van der Waals surface area contributed by atoms with Gasteiger partial charge in [-0.3, -0.25) is 9.00 Å². The molecule has 1 N–H and O–H groups in total. The van der Waals surface area contributed by atoms with E-state index in [1.807, 2.05) is 0 Å². The maximum atomic E-state index is 12.6. The molecular formula is C11H13FO3S. The first-order valence-corrected chi connectivity index (χ1v) is 6.27. The van der Waals surface area contributed by atoms with Gasteiger partial charge in [0.2, 0.25) is 0 Å². The average molecular weight is 244 g/mol. The van der Waals surface area contributed by atoms with Crippen LogP contribution < -0.4 is 0 Å². The Balaban J connectivity index is 2.70. The number of carboxylic acids is 1. The van der Waals surface area contributed by atoms with Crippen molar-refractivity contribution in [3.8, 4) is 0 Å². The molecule has 0 heterocycles. The molecule has 2 unspecified atom stereocenters. The zero-order valence-electron chi connectivity index (χ0n) is 8.85. The summed E-state index contributed by atoms with van der Waals surface area (Å²) in [4.78, 5) is 10.8. The van der Waals surface area contributed by atoms with Gasteiger partial charge in [-0.2, -0.15) is 0 Å². The van der Waals surface area contributed by atoms with Gasteiger partial charge in [0.05, 0.1) is 0 Å². The minimum Gasteiger partial charge on any atom is -0.480 e. The van der Waals surface area contributed by atoms with E-state index in [1.165, 1.54) is 24.3 Å². The SMILES string of the molecule is CCC(C(=O)O)S(=O)Cc1ccc(F)cc1. The summed E-state index contributed by atoms with van der Waals surface area (Å²) < 4.78 is 24.3. The standard InChI is InChI=1S/C11H13FO3S/c1-2-10(11(13)14)16(15)7-8-3-5-9(12)6-4-8/h3-6,10H,2,7H2,1H3,(H,13,14). The third-order valence-corrected chi connectivity index (χ3v) is 3.97. The fourth-order valence-electron chi connectivity index (χ4n) is 1.32. The molecule has 3 nitrogen and oxygen atoms in total. The Bertz CT molecular complexity index is 389. The lowest BCUT2D eigenvalue weighted by molar-refractivity contribution is -0.136. The van der Waals surface area contributed by atoms with Gasteiger partial charge in [0.25, 0.3) is 0 Å². The molecule has 2 atom stereocenters. The lowest BCUT2D eigenvalue weighted by Crippen LogP contribution is -2.25. The average Bonchev–Trinajstić information content (AvgIpc) is 2.22. The van der Waals surface area contributed by atoms with Crippen molar-refractivity contribution in [3.63, 3.8) is 0 Å². The smallest absolute Gasteiger partial charge is 0.319 e. The predicted octanol–water partition coefficient (Wildman–Crippen LogP) is 1.94. The highest BCUT2D eigenvalue weighted by molar-refractivity contribution is 7.85. The van der Waals surface area contributed by atoms with Crippen LogP contribution in [0.25, 0.3) is 0 Å². The molecule has 0 aliphatic heterocycles. The normalized spacial score (nSPS) is 14.4. The van der Waals surface area contributed by atoms with Gasteiger partial charge in [0, 0.05) is 16.6 Å². The number of carboxylic acid groups (broad SMARTS) is 1. The highest BCUT2D eigenvalue weighted by atomic mass is 32.2. The van der Waals surface area contributed by atoms with Crippen LogP contribution in [-0.4, -0.2) is 20.5 Å². The molecule has 0 aliphatic rings. The fourth-order valence-corrected chi connectivity index (χ4v) is 2.64. The summed E-state index contributed by atoms with van der Waals surface area (Å²) in [5, 5.41) is 7.96. The molecule has 0 saturated heterocycles. The van der Waals surface area contributed by atoms with E-state index in [1.54, 1.807) is 6.92 Å². The summed E-state index contributed by atoms with van der Waals surface area (Å²) in [6.07, 6.45) is 0.323. The lowest BCUT2D eigenvalue weighted by atomic mass is 10.2. The summed E-state index contributed by atoms with van der Waals surface area (Å²) >= 11 is 0. The van der Waals surface area contributed by atoms with Crippen molar-refractivity contribution in [2.24, 2.45) is 0 Å². The van der Waals surface area contributed by atoms with E-state index in [9.17, 15) is 13.4 Å². The predicted molar refractivity (Wildman–Crippen MR) is 60.0 cm³/mol. The second kappa shape index (κ2) is 5.75. The minimum absolute atomic E-state index is 0.144. The molecule has 1 rings (SSSR count). The first-order valence-electron chi connectivity index (χ1n) is 4.89. The van der Waals surface area contributed by atoms with Crippen molar-refractivity contribution in [1.82, 2.24) is 0 Å². The van der Waals surface area contributed by atoms with E-state index in [-0.39, 0.29) is 11.6 Å². The van der Waals surface area contributed by atoms with Crippen LogP contribution in [0.5, 0.6) is 0 Å². The van der Waals surface area contributed by atoms with Crippen molar-refractivity contribution in [3.05, 3.63) is 35.6 Å². The zero-order valence-corrected chi connectivity index (χ0v) is 9.67. The Morgan fingerprint density at radius 2 is 2.00 bits per heavy atom. The van der Waals surface area contributed by atoms with E-state index >= 15 is 0 Å². The van der Waals surface area contributed by atoms with Gasteiger partial charge in [-0.1, -0.05) is 19.1 Å². The highest BCUT2D eigenvalue weighted by Gasteiger charge is 2.22. The van der Waals surface area contributed by atoms with E-state index in [4.69, 9.17) is 5.11 Å². The number of hydrogen-bond acceptors (Lipinski definition) is 2. The van der Waals surface area contributed by atoms with Crippen LogP contribution in [0, 0.1) is 5.82 Å². The second-order valence-electron chi connectivity index (χ2n) is 3.39. The van der Waals surface area contributed by atoms with Crippen molar-refractivity contribution >= 4 is 16.8 Å². The van der Waals surface area contributed by atoms with Crippen molar-refractivity contribution in [1.29, 1.82) is 0 Å². The Hall–Kier alpha value is -1.23. The number of aliphatic carboxylic acids is 1. The van der Waals surface area contributed by atoms with Gasteiger partial charge in [-0.15, -0.1) is 0 Å². The van der Waals surface area contributed by atoms with Crippen LogP contribution in [0.3, 0.4) is 0 Å². The van der Waals surface area contributed by atoms with Crippen molar-refractivity contribution < 1.29 is 18.5 Å². The zero-order chi connectivity index (χ0) is 12.1. The van der Waals surface area contributed by atoms with Crippen LogP contribution in [0.1, 0.15) is 18.9 Å².